The summed E-state index contributed by atoms with van der Waals surface area (Å²) >= 11 is 0. The van der Waals surface area contributed by atoms with Crippen molar-refractivity contribution in [2.75, 3.05) is 12.3 Å². The lowest BCUT2D eigenvalue weighted by molar-refractivity contribution is -0.116. The molecule has 0 amide bonds. The van der Waals surface area contributed by atoms with Crippen LogP contribution in [0.4, 0.5) is 0 Å². The molecule has 0 aliphatic heterocycles. The van der Waals surface area contributed by atoms with E-state index >= 15 is 0 Å². The molecule has 0 unspecified atom stereocenters. The average molecular weight is 269 g/mol. The molecular formula is C13H19NO3S. The second-order valence-corrected chi connectivity index (χ2v) is 6.45. The molecule has 5 heteroatoms. The van der Waals surface area contributed by atoms with Crippen LogP contribution in [0.1, 0.15) is 25.8 Å². The van der Waals surface area contributed by atoms with Gasteiger partial charge in [0.25, 0.3) is 0 Å². The summed E-state index contributed by atoms with van der Waals surface area (Å²) in [4.78, 5) is 11.1. The molecule has 0 fully saturated rings. The Balaban J connectivity index is 2.53. The van der Waals surface area contributed by atoms with Gasteiger partial charge < -0.3 is 5.32 Å². The molecule has 4 nitrogen and oxygen atoms in total. The second-order valence-electron chi connectivity index (χ2n) is 4.18. The highest BCUT2D eigenvalue weighted by Crippen LogP contribution is 2.12. The molecule has 0 atom stereocenters. The molecule has 18 heavy (non-hydrogen) atoms. The predicted octanol–water partition coefficient (Wildman–Crippen LogP) is 1.55. The maximum atomic E-state index is 11.6. The first-order valence-electron chi connectivity index (χ1n) is 5.97. The molecule has 0 bridgehead atoms. The van der Waals surface area contributed by atoms with Crippen LogP contribution in [0.25, 0.3) is 0 Å². The number of hydrogen-bond acceptors (Lipinski definition) is 4. The Morgan fingerprint density at radius 2 is 1.83 bits per heavy atom. The minimum Gasteiger partial charge on any atom is -0.312 e. The van der Waals surface area contributed by atoms with Crippen LogP contribution in [-0.4, -0.2) is 26.5 Å². The standard InChI is InChI=1S/C13H19NO3S/c1-3-18(16,17)13-6-4-12(5-7-13)10-14-9-8-11(2)15/h4-7,14H,3,8-10H2,1-2H3. The van der Waals surface area contributed by atoms with Gasteiger partial charge in [0, 0.05) is 19.5 Å². The molecular weight excluding hydrogens is 250 g/mol. The van der Waals surface area contributed by atoms with Crippen molar-refractivity contribution in [3.05, 3.63) is 29.8 Å². The lowest BCUT2D eigenvalue weighted by atomic mass is 10.2. The number of sulfone groups is 1. The molecule has 0 saturated heterocycles. The average Bonchev–Trinajstić information content (AvgIpc) is 2.35. The van der Waals surface area contributed by atoms with Gasteiger partial charge in [0.15, 0.2) is 9.84 Å². The molecule has 1 rings (SSSR count). The van der Waals surface area contributed by atoms with Crippen molar-refractivity contribution in [1.82, 2.24) is 5.32 Å². The fourth-order valence-electron chi connectivity index (χ4n) is 1.48. The van der Waals surface area contributed by atoms with Crippen molar-refractivity contribution in [3.63, 3.8) is 0 Å². The van der Waals surface area contributed by atoms with E-state index in [-0.39, 0.29) is 11.5 Å². The Bertz CT molecular complexity index is 491. The number of carbonyl (C=O) groups excluding carboxylic acids is 1. The second kappa shape index (κ2) is 6.66. The molecule has 0 aliphatic carbocycles. The molecule has 0 spiro atoms. The SMILES string of the molecule is CCS(=O)(=O)c1ccc(CNCCC(C)=O)cc1. The number of carbonyl (C=O) groups is 1. The van der Waals surface area contributed by atoms with Crippen molar-refractivity contribution in [3.8, 4) is 0 Å². The summed E-state index contributed by atoms with van der Waals surface area (Å²) in [6.45, 7) is 4.47. The molecule has 0 aromatic heterocycles. The minimum atomic E-state index is -3.12. The van der Waals surface area contributed by atoms with E-state index in [1.807, 2.05) is 0 Å². The lowest BCUT2D eigenvalue weighted by Crippen LogP contribution is -2.16. The Morgan fingerprint density at radius 1 is 1.22 bits per heavy atom. The number of rotatable bonds is 7. The summed E-state index contributed by atoms with van der Waals surface area (Å²) in [5.74, 6) is 0.273. The quantitative estimate of drug-likeness (QED) is 0.763. The first-order valence-corrected chi connectivity index (χ1v) is 7.63. The van der Waals surface area contributed by atoms with Gasteiger partial charge in [0.2, 0.25) is 0 Å². The minimum absolute atomic E-state index is 0.114. The van der Waals surface area contributed by atoms with Crippen LogP contribution in [0.5, 0.6) is 0 Å². The van der Waals surface area contributed by atoms with Crippen molar-refractivity contribution >= 4 is 15.6 Å². The summed E-state index contributed by atoms with van der Waals surface area (Å²) in [6.07, 6.45) is 0.516. The highest BCUT2D eigenvalue weighted by atomic mass is 32.2. The predicted molar refractivity (Wildman–Crippen MR) is 71.2 cm³/mol. The number of nitrogens with one attached hydrogen (secondary N) is 1. The van der Waals surface area contributed by atoms with E-state index in [9.17, 15) is 13.2 Å². The maximum absolute atomic E-state index is 11.6. The van der Waals surface area contributed by atoms with Gasteiger partial charge in [-0.15, -0.1) is 0 Å². The van der Waals surface area contributed by atoms with Gasteiger partial charge in [-0.1, -0.05) is 19.1 Å². The van der Waals surface area contributed by atoms with Gasteiger partial charge in [0.05, 0.1) is 10.6 Å². The van der Waals surface area contributed by atoms with E-state index in [2.05, 4.69) is 5.32 Å². The van der Waals surface area contributed by atoms with Gasteiger partial charge in [0.1, 0.15) is 5.78 Å². The zero-order valence-corrected chi connectivity index (χ0v) is 11.6. The van der Waals surface area contributed by atoms with E-state index in [0.717, 1.165) is 5.56 Å². The highest BCUT2D eigenvalue weighted by Gasteiger charge is 2.10. The summed E-state index contributed by atoms with van der Waals surface area (Å²) in [7, 11) is -3.12. The number of Topliss-reactive ketones (excluding diaryl/α,β-unsaturated/α-hetero) is 1. The van der Waals surface area contributed by atoms with Gasteiger partial charge in [-0.2, -0.15) is 0 Å². The molecule has 1 aromatic rings. The third-order valence-corrected chi connectivity index (χ3v) is 4.40. The van der Waals surface area contributed by atoms with Crippen LogP contribution in [0.3, 0.4) is 0 Å². The third-order valence-electron chi connectivity index (χ3n) is 2.65. The molecule has 0 heterocycles. The zero-order chi connectivity index (χ0) is 13.6. The molecule has 0 aliphatic rings. The van der Waals surface area contributed by atoms with Crippen LogP contribution < -0.4 is 5.32 Å². The van der Waals surface area contributed by atoms with Crippen LogP contribution in [0, 0.1) is 0 Å². The molecule has 0 radical (unpaired) electrons. The fourth-order valence-corrected chi connectivity index (χ4v) is 2.36. The van der Waals surface area contributed by atoms with Crippen LogP contribution in [-0.2, 0) is 21.2 Å². The summed E-state index contributed by atoms with van der Waals surface area (Å²) < 4.78 is 23.2. The normalized spacial score (nSPS) is 11.4. The Hall–Kier alpha value is -1.20. The molecule has 0 saturated carbocycles. The monoisotopic (exact) mass is 269 g/mol. The van der Waals surface area contributed by atoms with Gasteiger partial charge in [-0.25, -0.2) is 8.42 Å². The van der Waals surface area contributed by atoms with Crippen LogP contribution in [0.15, 0.2) is 29.2 Å². The molecule has 1 N–H and O–H groups in total. The van der Waals surface area contributed by atoms with Crippen molar-refractivity contribution in [1.29, 1.82) is 0 Å². The zero-order valence-electron chi connectivity index (χ0n) is 10.8. The summed E-state index contributed by atoms with van der Waals surface area (Å²) in [6, 6.07) is 6.84. The summed E-state index contributed by atoms with van der Waals surface area (Å²) in [5.41, 5.74) is 1.01. The van der Waals surface area contributed by atoms with E-state index < -0.39 is 9.84 Å². The first kappa shape index (κ1) is 14.9. The maximum Gasteiger partial charge on any atom is 0.178 e. The highest BCUT2D eigenvalue weighted by molar-refractivity contribution is 7.91. The van der Waals surface area contributed by atoms with Gasteiger partial charge in [-0.05, 0) is 24.6 Å². The Kier molecular flexibility index (Phi) is 5.50. The Labute approximate surface area is 108 Å². The van der Waals surface area contributed by atoms with E-state index in [0.29, 0.717) is 24.4 Å². The molecule has 1 aromatic carbocycles. The summed E-state index contributed by atoms with van der Waals surface area (Å²) in [5, 5.41) is 3.13. The fraction of sp³-hybridized carbons (Fsp3) is 0.462. The van der Waals surface area contributed by atoms with Crippen molar-refractivity contribution in [2.45, 2.75) is 31.7 Å². The van der Waals surface area contributed by atoms with E-state index in [1.165, 1.54) is 0 Å². The number of benzene rings is 1. The molecule has 100 valence electrons. The smallest absolute Gasteiger partial charge is 0.178 e. The van der Waals surface area contributed by atoms with Crippen LogP contribution in [0.2, 0.25) is 0 Å². The lowest BCUT2D eigenvalue weighted by Gasteiger charge is -2.05. The number of hydrogen-bond donors (Lipinski definition) is 1. The van der Waals surface area contributed by atoms with E-state index in [4.69, 9.17) is 0 Å². The van der Waals surface area contributed by atoms with E-state index in [1.54, 1.807) is 38.1 Å². The first-order chi connectivity index (χ1) is 8.45. The topological polar surface area (TPSA) is 63.2 Å². The third kappa shape index (κ3) is 4.58. The number of ketones is 1. The van der Waals surface area contributed by atoms with Gasteiger partial charge >= 0.3 is 0 Å². The van der Waals surface area contributed by atoms with Gasteiger partial charge in [-0.3, -0.25) is 4.79 Å². The largest absolute Gasteiger partial charge is 0.312 e. The Morgan fingerprint density at radius 3 is 2.33 bits per heavy atom. The van der Waals surface area contributed by atoms with Crippen molar-refractivity contribution in [2.24, 2.45) is 0 Å². The van der Waals surface area contributed by atoms with Crippen LogP contribution >= 0.6 is 0 Å². The van der Waals surface area contributed by atoms with Crippen molar-refractivity contribution < 1.29 is 13.2 Å².